The largest absolute Gasteiger partial charge is 0.346 e. The number of hydrogen-bond donors (Lipinski definition) is 1. The fourth-order valence-electron chi connectivity index (χ4n) is 2.79. The van der Waals surface area contributed by atoms with Crippen LogP contribution >= 0.6 is 0 Å². The summed E-state index contributed by atoms with van der Waals surface area (Å²) in [5, 5.41) is 1.18. The van der Waals surface area contributed by atoms with E-state index in [4.69, 9.17) is 0 Å². The van der Waals surface area contributed by atoms with Crippen molar-refractivity contribution in [3.63, 3.8) is 0 Å². The molecule has 5 nitrogen and oxygen atoms in total. The van der Waals surface area contributed by atoms with E-state index in [0.717, 1.165) is 30.7 Å². The summed E-state index contributed by atoms with van der Waals surface area (Å²) in [7, 11) is 0. The standard InChI is InChI=1S/C10H21NO.C9H11N3.C5H12/c1-5-6-7-8-11(9(2)3)10(4)12;1-3-7-4-10-9-8(7)6(2)11-5-12-9;1-5(2,3)4/h9H,5-8H2,1-4H3;4-5H,3H2,1-2H3,(H,10,11,12);1-4H3. The minimum absolute atomic E-state index is 0.195. The molecular formula is C24H44N4O. The Bertz CT molecular complexity index is 707. The highest BCUT2D eigenvalue weighted by Gasteiger charge is 2.10. The number of H-pyrrole nitrogens is 1. The maximum Gasteiger partial charge on any atom is 0.219 e. The van der Waals surface area contributed by atoms with E-state index in [9.17, 15) is 4.79 Å². The number of rotatable bonds is 6. The molecule has 0 saturated carbocycles. The number of hydrogen-bond acceptors (Lipinski definition) is 3. The van der Waals surface area contributed by atoms with E-state index in [2.05, 4.69) is 70.3 Å². The summed E-state index contributed by atoms with van der Waals surface area (Å²) in [4.78, 5) is 24.5. The molecule has 1 N–H and O–H groups in total. The number of carbonyl (C=O) groups excluding carboxylic acids is 1. The van der Waals surface area contributed by atoms with Crippen LogP contribution in [0, 0.1) is 12.3 Å². The summed E-state index contributed by atoms with van der Waals surface area (Å²) in [6.07, 6.45) is 8.18. The van der Waals surface area contributed by atoms with Gasteiger partial charge in [-0.05, 0) is 44.6 Å². The second-order valence-electron chi connectivity index (χ2n) is 9.36. The molecule has 0 aliphatic heterocycles. The van der Waals surface area contributed by atoms with E-state index >= 15 is 0 Å². The maximum atomic E-state index is 11.1. The number of aryl methyl sites for hydroxylation is 2. The van der Waals surface area contributed by atoms with Crippen molar-refractivity contribution in [1.29, 1.82) is 0 Å². The molecule has 2 rings (SSSR count). The smallest absolute Gasteiger partial charge is 0.219 e. The van der Waals surface area contributed by atoms with Crippen LogP contribution < -0.4 is 0 Å². The molecule has 0 saturated heterocycles. The first-order chi connectivity index (χ1) is 13.4. The van der Waals surface area contributed by atoms with E-state index in [1.807, 2.05) is 18.0 Å². The van der Waals surface area contributed by atoms with Crippen LogP contribution in [-0.2, 0) is 11.2 Å². The Kier molecular flexibility index (Phi) is 12.5. The molecule has 2 aromatic heterocycles. The number of aromatic nitrogens is 3. The van der Waals surface area contributed by atoms with Crippen LogP contribution in [0.1, 0.15) is 92.8 Å². The first-order valence-corrected chi connectivity index (χ1v) is 11.0. The summed E-state index contributed by atoms with van der Waals surface area (Å²) in [5.41, 5.74) is 3.79. The van der Waals surface area contributed by atoms with Crippen molar-refractivity contribution in [1.82, 2.24) is 19.9 Å². The molecule has 0 radical (unpaired) electrons. The Labute approximate surface area is 178 Å². The van der Waals surface area contributed by atoms with Crippen molar-refractivity contribution in [3.8, 4) is 0 Å². The van der Waals surface area contributed by atoms with Crippen molar-refractivity contribution in [2.24, 2.45) is 5.41 Å². The third-order valence-electron chi connectivity index (χ3n) is 4.15. The summed E-state index contributed by atoms with van der Waals surface area (Å²) < 4.78 is 0. The summed E-state index contributed by atoms with van der Waals surface area (Å²) in [6.45, 7) is 21.8. The van der Waals surface area contributed by atoms with E-state index in [0.29, 0.717) is 11.5 Å². The molecule has 1 amide bonds. The number of nitrogens with one attached hydrogen (secondary N) is 1. The molecule has 0 atom stereocenters. The van der Waals surface area contributed by atoms with Crippen LogP contribution in [0.3, 0.4) is 0 Å². The first-order valence-electron chi connectivity index (χ1n) is 11.0. The minimum Gasteiger partial charge on any atom is -0.346 e. The lowest BCUT2D eigenvalue weighted by Crippen LogP contribution is -2.35. The third kappa shape index (κ3) is 11.6. The Hall–Kier alpha value is -1.91. The van der Waals surface area contributed by atoms with Gasteiger partial charge in [-0.1, -0.05) is 54.4 Å². The van der Waals surface area contributed by atoms with Crippen molar-refractivity contribution < 1.29 is 4.79 Å². The van der Waals surface area contributed by atoms with Gasteiger partial charge in [0.25, 0.3) is 0 Å². The van der Waals surface area contributed by atoms with Gasteiger partial charge in [0.15, 0.2) is 0 Å². The third-order valence-corrected chi connectivity index (χ3v) is 4.15. The number of aromatic amines is 1. The highest BCUT2D eigenvalue weighted by molar-refractivity contribution is 5.81. The minimum atomic E-state index is 0.195. The monoisotopic (exact) mass is 404 g/mol. The SMILES string of the molecule is CC(C)(C)C.CCCCCN(C(C)=O)C(C)C.CCc1c[nH]c2ncnc(C)c12. The number of amides is 1. The van der Waals surface area contributed by atoms with Crippen molar-refractivity contribution in [3.05, 3.63) is 23.8 Å². The Morgan fingerprint density at radius 3 is 2.17 bits per heavy atom. The van der Waals surface area contributed by atoms with Crippen molar-refractivity contribution in [2.75, 3.05) is 6.54 Å². The van der Waals surface area contributed by atoms with Crippen LogP contribution in [0.25, 0.3) is 11.0 Å². The maximum absolute atomic E-state index is 11.1. The molecule has 2 aromatic rings. The Morgan fingerprint density at radius 2 is 1.72 bits per heavy atom. The Morgan fingerprint density at radius 1 is 1.14 bits per heavy atom. The van der Waals surface area contributed by atoms with Gasteiger partial charge in [0, 0.05) is 31.1 Å². The van der Waals surface area contributed by atoms with Gasteiger partial charge in [-0.2, -0.15) is 0 Å². The predicted octanol–water partition coefficient (Wildman–Crippen LogP) is 6.31. The zero-order valence-corrected chi connectivity index (χ0v) is 20.5. The van der Waals surface area contributed by atoms with Gasteiger partial charge < -0.3 is 9.88 Å². The van der Waals surface area contributed by atoms with E-state index in [-0.39, 0.29) is 5.91 Å². The molecule has 0 spiro atoms. The molecule has 0 fully saturated rings. The van der Waals surface area contributed by atoms with E-state index in [1.54, 1.807) is 13.3 Å². The fourth-order valence-corrected chi connectivity index (χ4v) is 2.79. The molecule has 0 bridgehead atoms. The summed E-state index contributed by atoms with van der Waals surface area (Å²) in [5.74, 6) is 0.195. The van der Waals surface area contributed by atoms with Gasteiger partial charge >= 0.3 is 0 Å². The number of unbranched alkanes of at least 4 members (excludes halogenated alkanes) is 2. The molecule has 0 aliphatic rings. The van der Waals surface area contributed by atoms with E-state index < -0.39 is 0 Å². The van der Waals surface area contributed by atoms with Gasteiger partial charge in [0.1, 0.15) is 12.0 Å². The van der Waals surface area contributed by atoms with Crippen LogP contribution in [0.4, 0.5) is 0 Å². The topological polar surface area (TPSA) is 61.9 Å². The lowest BCUT2D eigenvalue weighted by atomic mass is 10.0. The molecule has 29 heavy (non-hydrogen) atoms. The highest BCUT2D eigenvalue weighted by atomic mass is 16.2. The number of carbonyl (C=O) groups is 1. The molecule has 0 unspecified atom stereocenters. The average molecular weight is 405 g/mol. The van der Waals surface area contributed by atoms with Crippen molar-refractivity contribution >= 4 is 16.9 Å². The van der Waals surface area contributed by atoms with Gasteiger partial charge in [-0.3, -0.25) is 4.79 Å². The molecule has 166 valence electrons. The van der Waals surface area contributed by atoms with Gasteiger partial charge in [0.05, 0.1) is 5.69 Å². The molecule has 0 aromatic carbocycles. The average Bonchev–Trinajstić information content (AvgIpc) is 3.02. The first kappa shape index (κ1) is 27.1. The zero-order chi connectivity index (χ0) is 22.6. The lowest BCUT2D eigenvalue weighted by Gasteiger charge is -2.25. The fraction of sp³-hybridized carbons (Fsp3) is 0.708. The Balaban J connectivity index is 0.000000442. The van der Waals surface area contributed by atoms with Crippen LogP contribution in [0.15, 0.2) is 12.5 Å². The van der Waals surface area contributed by atoms with Gasteiger partial charge in [-0.25, -0.2) is 9.97 Å². The predicted molar refractivity (Wildman–Crippen MR) is 125 cm³/mol. The second kappa shape index (κ2) is 13.3. The molecular weight excluding hydrogens is 360 g/mol. The number of nitrogens with zero attached hydrogens (tertiary/aromatic N) is 3. The summed E-state index contributed by atoms with van der Waals surface area (Å²) in [6, 6.07) is 0.347. The van der Waals surface area contributed by atoms with Crippen LogP contribution in [0.2, 0.25) is 0 Å². The van der Waals surface area contributed by atoms with Crippen LogP contribution in [-0.4, -0.2) is 38.3 Å². The lowest BCUT2D eigenvalue weighted by molar-refractivity contribution is -0.130. The van der Waals surface area contributed by atoms with Crippen molar-refractivity contribution in [2.45, 2.75) is 101 Å². The zero-order valence-electron chi connectivity index (χ0n) is 20.5. The normalized spacial score (nSPS) is 10.9. The van der Waals surface area contributed by atoms with Gasteiger partial charge in [0.2, 0.25) is 5.91 Å². The quantitative estimate of drug-likeness (QED) is 0.573. The molecule has 0 aliphatic carbocycles. The highest BCUT2D eigenvalue weighted by Crippen LogP contribution is 2.18. The van der Waals surface area contributed by atoms with Crippen LogP contribution in [0.5, 0.6) is 0 Å². The van der Waals surface area contributed by atoms with Gasteiger partial charge in [-0.15, -0.1) is 0 Å². The van der Waals surface area contributed by atoms with E-state index in [1.165, 1.54) is 23.8 Å². The molecule has 2 heterocycles. The molecule has 5 heteroatoms. The second-order valence-corrected chi connectivity index (χ2v) is 9.36. The summed E-state index contributed by atoms with van der Waals surface area (Å²) >= 11 is 0. The number of fused-ring (bicyclic) bond motifs is 1.